The number of fused-ring (bicyclic) bond motifs is 5. The molecule has 0 bridgehead atoms. The highest BCUT2D eigenvalue weighted by Gasteiger charge is 2.59. The summed E-state index contributed by atoms with van der Waals surface area (Å²) in [6.07, 6.45) is 16.6. The van der Waals surface area contributed by atoms with Gasteiger partial charge in [0.1, 0.15) is 0 Å². The Morgan fingerprint density at radius 2 is 1.75 bits per heavy atom. The molecule has 0 heterocycles. The van der Waals surface area contributed by atoms with Crippen molar-refractivity contribution in [1.82, 2.24) is 0 Å². The fourth-order valence-electron chi connectivity index (χ4n) is 8.58. The second-order valence-corrected chi connectivity index (χ2v) is 12.0. The Labute approximate surface area is 174 Å². The highest BCUT2D eigenvalue weighted by atomic mass is 16.1. The van der Waals surface area contributed by atoms with Crippen molar-refractivity contribution < 1.29 is 4.79 Å². The number of rotatable bonds is 5. The molecule has 0 aliphatic heterocycles. The maximum absolute atomic E-state index is 12.0. The van der Waals surface area contributed by atoms with Crippen molar-refractivity contribution in [2.75, 3.05) is 0 Å². The summed E-state index contributed by atoms with van der Waals surface area (Å²) in [6.45, 7) is 12.5. The Morgan fingerprint density at radius 3 is 2.50 bits per heavy atom. The molecule has 0 aromatic heterocycles. The van der Waals surface area contributed by atoms with Crippen molar-refractivity contribution in [3.63, 3.8) is 0 Å². The van der Waals surface area contributed by atoms with Gasteiger partial charge in [-0.05, 0) is 97.4 Å². The molecule has 7 atom stereocenters. The van der Waals surface area contributed by atoms with E-state index in [1.165, 1.54) is 63.4 Å². The summed E-state index contributed by atoms with van der Waals surface area (Å²) in [7, 11) is 0. The van der Waals surface area contributed by atoms with Crippen LogP contribution in [0.5, 0.6) is 0 Å². The van der Waals surface area contributed by atoms with Gasteiger partial charge in [-0.3, -0.25) is 4.79 Å². The van der Waals surface area contributed by atoms with Crippen LogP contribution in [0.2, 0.25) is 0 Å². The summed E-state index contributed by atoms with van der Waals surface area (Å²) >= 11 is 0. The molecule has 0 spiro atoms. The van der Waals surface area contributed by atoms with Crippen LogP contribution in [0.1, 0.15) is 105 Å². The zero-order chi connectivity index (χ0) is 20.1. The summed E-state index contributed by atoms with van der Waals surface area (Å²) in [5, 5.41) is 0. The first-order valence-corrected chi connectivity index (χ1v) is 12.5. The molecule has 1 nitrogen and oxygen atoms in total. The van der Waals surface area contributed by atoms with Gasteiger partial charge in [0.25, 0.3) is 0 Å². The molecule has 4 aliphatic rings. The van der Waals surface area contributed by atoms with E-state index < -0.39 is 0 Å². The number of allylic oxidation sites excluding steroid dienone is 1. The topological polar surface area (TPSA) is 17.1 Å². The number of ketones is 1. The molecule has 158 valence electrons. The standard InChI is InChI=1S/C27H44O/c1-18(2)7-6-8-19(3)23-11-12-24-22-10-9-20-17-21(28)13-15-26(20,4)25(22)14-16-27(23,24)5/h17-19,22-25H,6-16H2,1-5H3/t19-,22+,23+,24+,25-,26+,27-/m1/s1. The highest BCUT2D eigenvalue weighted by molar-refractivity contribution is 5.91. The molecule has 4 rings (SSSR count). The molecule has 0 N–H and O–H groups in total. The largest absolute Gasteiger partial charge is 0.295 e. The van der Waals surface area contributed by atoms with Crippen LogP contribution < -0.4 is 0 Å². The second kappa shape index (κ2) is 7.59. The number of hydrogen-bond donors (Lipinski definition) is 0. The summed E-state index contributed by atoms with van der Waals surface area (Å²) < 4.78 is 0. The van der Waals surface area contributed by atoms with Crippen molar-refractivity contribution in [1.29, 1.82) is 0 Å². The van der Waals surface area contributed by atoms with E-state index >= 15 is 0 Å². The number of carbonyl (C=O) groups is 1. The average molecular weight is 385 g/mol. The van der Waals surface area contributed by atoms with Gasteiger partial charge in [0.15, 0.2) is 5.78 Å². The van der Waals surface area contributed by atoms with Gasteiger partial charge < -0.3 is 0 Å². The minimum Gasteiger partial charge on any atom is -0.295 e. The van der Waals surface area contributed by atoms with E-state index in [4.69, 9.17) is 0 Å². The van der Waals surface area contributed by atoms with Gasteiger partial charge in [0, 0.05) is 6.42 Å². The van der Waals surface area contributed by atoms with Crippen LogP contribution >= 0.6 is 0 Å². The molecule has 3 fully saturated rings. The maximum Gasteiger partial charge on any atom is 0.155 e. The fraction of sp³-hybridized carbons (Fsp3) is 0.889. The Kier molecular flexibility index (Phi) is 5.60. The average Bonchev–Trinajstić information content (AvgIpc) is 2.99. The lowest BCUT2D eigenvalue weighted by atomic mass is 9.46. The minimum absolute atomic E-state index is 0.332. The van der Waals surface area contributed by atoms with E-state index in [9.17, 15) is 4.79 Å². The van der Waals surface area contributed by atoms with E-state index in [0.29, 0.717) is 16.6 Å². The van der Waals surface area contributed by atoms with Crippen molar-refractivity contribution >= 4 is 5.78 Å². The van der Waals surface area contributed by atoms with E-state index in [1.807, 2.05) is 0 Å². The minimum atomic E-state index is 0.332. The van der Waals surface area contributed by atoms with Gasteiger partial charge in [-0.2, -0.15) is 0 Å². The van der Waals surface area contributed by atoms with E-state index in [0.717, 1.165) is 48.3 Å². The first-order chi connectivity index (χ1) is 13.3. The monoisotopic (exact) mass is 384 g/mol. The Hall–Kier alpha value is -0.590. The van der Waals surface area contributed by atoms with Crippen LogP contribution in [0.3, 0.4) is 0 Å². The third-order valence-electron chi connectivity index (χ3n) is 10.2. The molecule has 0 radical (unpaired) electrons. The quantitative estimate of drug-likeness (QED) is 0.477. The summed E-state index contributed by atoms with van der Waals surface area (Å²) in [5.74, 6) is 5.79. The molecule has 28 heavy (non-hydrogen) atoms. The van der Waals surface area contributed by atoms with Gasteiger partial charge in [0.2, 0.25) is 0 Å². The number of carbonyl (C=O) groups excluding carboxylic acids is 1. The zero-order valence-electron chi connectivity index (χ0n) is 19.2. The lowest BCUT2D eigenvalue weighted by Crippen LogP contribution is -2.50. The van der Waals surface area contributed by atoms with E-state index in [-0.39, 0.29) is 0 Å². The van der Waals surface area contributed by atoms with Gasteiger partial charge in [0.05, 0.1) is 0 Å². The molecule has 0 aromatic rings. The van der Waals surface area contributed by atoms with Gasteiger partial charge in [-0.1, -0.05) is 59.5 Å². The van der Waals surface area contributed by atoms with Gasteiger partial charge in [-0.15, -0.1) is 0 Å². The Bertz CT molecular complexity index is 630. The molecule has 3 saturated carbocycles. The lowest BCUT2D eigenvalue weighted by Gasteiger charge is -2.58. The Morgan fingerprint density at radius 1 is 0.964 bits per heavy atom. The van der Waals surface area contributed by atoms with Crippen LogP contribution in [0.4, 0.5) is 0 Å². The molecule has 4 aliphatic carbocycles. The second-order valence-electron chi connectivity index (χ2n) is 12.0. The van der Waals surface area contributed by atoms with Gasteiger partial charge in [-0.25, -0.2) is 0 Å². The summed E-state index contributed by atoms with van der Waals surface area (Å²) in [6, 6.07) is 0. The molecule has 0 saturated heterocycles. The fourth-order valence-corrected chi connectivity index (χ4v) is 8.58. The van der Waals surface area contributed by atoms with Crippen LogP contribution in [0.25, 0.3) is 0 Å². The lowest BCUT2D eigenvalue weighted by molar-refractivity contribution is -0.117. The molecule has 0 unspecified atom stereocenters. The van der Waals surface area contributed by atoms with Crippen LogP contribution in [-0.4, -0.2) is 5.78 Å². The predicted molar refractivity (Wildman–Crippen MR) is 118 cm³/mol. The molecular formula is C27H44O. The van der Waals surface area contributed by atoms with Crippen LogP contribution in [0.15, 0.2) is 11.6 Å². The van der Waals surface area contributed by atoms with Crippen LogP contribution in [-0.2, 0) is 4.79 Å². The van der Waals surface area contributed by atoms with Crippen molar-refractivity contribution in [3.05, 3.63) is 11.6 Å². The van der Waals surface area contributed by atoms with Crippen molar-refractivity contribution in [2.24, 2.45) is 46.3 Å². The van der Waals surface area contributed by atoms with E-state index in [1.54, 1.807) is 0 Å². The van der Waals surface area contributed by atoms with E-state index in [2.05, 4.69) is 40.7 Å². The smallest absolute Gasteiger partial charge is 0.155 e. The molecule has 1 heteroatoms. The maximum atomic E-state index is 12.0. The van der Waals surface area contributed by atoms with Crippen molar-refractivity contribution in [3.8, 4) is 0 Å². The number of hydrogen-bond acceptors (Lipinski definition) is 1. The highest BCUT2D eigenvalue weighted by Crippen LogP contribution is 2.67. The van der Waals surface area contributed by atoms with Crippen LogP contribution in [0, 0.1) is 46.3 Å². The molecule has 0 amide bonds. The normalized spacial score (nSPS) is 43.9. The third-order valence-corrected chi connectivity index (χ3v) is 10.2. The Balaban J connectivity index is 1.49. The third kappa shape index (κ3) is 3.33. The zero-order valence-corrected chi connectivity index (χ0v) is 19.2. The first-order valence-electron chi connectivity index (χ1n) is 12.5. The first kappa shape index (κ1) is 20.7. The molecular weight excluding hydrogens is 340 g/mol. The predicted octanol–water partition coefficient (Wildman–Crippen LogP) is 7.60. The summed E-state index contributed by atoms with van der Waals surface area (Å²) in [5.41, 5.74) is 2.43. The SMILES string of the molecule is CC(C)CCC[C@@H](C)[C@@H]1CC[C@H]2[C@@H]3CCC4=CC(=O)CC[C@]4(C)[C@@H]3CC[C@@]21C. The van der Waals surface area contributed by atoms with Gasteiger partial charge >= 0.3 is 0 Å². The summed E-state index contributed by atoms with van der Waals surface area (Å²) in [4.78, 5) is 12.0. The molecule has 0 aromatic carbocycles. The van der Waals surface area contributed by atoms with Crippen molar-refractivity contribution in [2.45, 2.75) is 105 Å².